The maximum atomic E-state index is 11.2. The Labute approximate surface area is 93.1 Å². The Bertz CT molecular complexity index is 497. The second-order valence-corrected chi connectivity index (χ2v) is 4.22. The van der Waals surface area contributed by atoms with Gasteiger partial charge in [0.15, 0.2) is 0 Å². The van der Waals surface area contributed by atoms with Gasteiger partial charge in [-0.1, -0.05) is 12.1 Å². The molecular formula is C11H14N4O. The molecule has 0 aliphatic rings. The van der Waals surface area contributed by atoms with Crippen LogP contribution in [0.4, 0.5) is 5.95 Å². The standard InChI is InChI=1S/C11H14N4O/c1-11(2,9(12)16)15-10-13-7-5-3-4-6-8(7)14-10/h3-6H,1-2H3,(H2,12,16)(H2,13,14,15). The molecule has 0 saturated carbocycles. The van der Waals surface area contributed by atoms with Gasteiger partial charge in [0.2, 0.25) is 11.9 Å². The third kappa shape index (κ3) is 1.84. The van der Waals surface area contributed by atoms with E-state index in [9.17, 15) is 4.79 Å². The number of primary amides is 1. The molecule has 2 rings (SSSR count). The number of nitrogens with zero attached hydrogens (tertiary/aromatic N) is 1. The van der Waals surface area contributed by atoms with Crippen molar-refractivity contribution in [3.05, 3.63) is 24.3 Å². The molecule has 0 aliphatic heterocycles. The first-order valence-corrected chi connectivity index (χ1v) is 5.02. The topological polar surface area (TPSA) is 83.8 Å². The molecule has 0 bridgehead atoms. The molecule has 84 valence electrons. The van der Waals surface area contributed by atoms with Crippen molar-refractivity contribution in [3.8, 4) is 0 Å². The van der Waals surface area contributed by atoms with E-state index < -0.39 is 11.4 Å². The number of rotatable bonds is 3. The molecule has 16 heavy (non-hydrogen) atoms. The van der Waals surface area contributed by atoms with Crippen LogP contribution in [-0.2, 0) is 4.79 Å². The van der Waals surface area contributed by atoms with Crippen molar-refractivity contribution in [2.45, 2.75) is 19.4 Å². The molecule has 0 aliphatic carbocycles. The third-order valence-corrected chi connectivity index (χ3v) is 2.44. The molecule has 1 amide bonds. The van der Waals surface area contributed by atoms with Gasteiger partial charge in [0.1, 0.15) is 5.54 Å². The largest absolute Gasteiger partial charge is 0.368 e. The van der Waals surface area contributed by atoms with Crippen LogP contribution >= 0.6 is 0 Å². The average Bonchev–Trinajstić information content (AvgIpc) is 2.58. The van der Waals surface area contributed by atoms with Gasteiger partial charge in [0.25, 0.3) is 0 Å². The van der Waals surface area contributed by atoms with E-state index in [4.69, 9.17) is 5.73 Å². The molecule has 5 heteroatoms. The van der Waals surface area contributed by atoms with Gasteiger partial charge in [-0.2, -0.15) is 0 Å². The van der Waals surface area contributed by atoms with Gasteiger partial charge in [-0.3, -0.25) is 4.79 Å². The lowest BCUT2D eigenvalue weighted by Gasteiger charge is -2.21. The SMILES string of the molecule is CC(C)(Nc1nc2ccccc2[nH]1)C(N)=O. The third-order valence-electron chi connectivity index (χ3n) is 2.44. The van der Waals surface area contributed by atoms with E-state index in [0.29, 0.717) is 5.95 Å². The number of anilines is 1. The highest BCUT2D eigenvalue weighted by Gasteiger charge is 2.25. The van der Waals surface area contributed by atoms with E-state index in [-0.39, 0.29) is 0 Å². The second kappa shape index (κ2) is 3.52. The smallest absolute Gasteiger partial charge is 0.242 e. The molecule has 5 nitrogen and oxygen atoms in total. The van der Waals surface area contributed by atoms with Crippen LogP contribution in [0.5, 0.6) is 0 Å². The molecule has 0 atom stereocenters. The molecule has 1 heterocycles. The fraction of sp³-hybridized carbons (Fsp3) is 0.273. The maximum Gasteiger partial charge on any atom is 0.242 e. The highest BCUT2D eigenvalue weighted by atomic mass is 16.1. The van der Waals surface area contributed by atoms with Crippen molar-refractivity contribution in [1.82, 2.24) is 9.97 Å². The summed E-state index contributed by atoms with van der Waals surface area (Å²) in [7, 11) is 0. The van der Waals surface area contributed by atoms with Crippen LogP contribution in [0.25, 0.3) is 11.0 Å². The molecule has 2 aromatic rings. The number of H-pyrrole nitrogens is 1. The summed E-state index contributed by atoms with van der Waals surface area (Å²) in [5.41, 5.74) is 6.22. The molecule has 0 fully saturated rings. The first kappa shape index (κ1) is 10.5. The van der Waals surface area contributed by atoms with E-state index in [2.05, 4.69) is 15.3 Å². The summed E-state index contributed by atoms with van der Waals surface area (Å²) >= 11 is 0. The Hall–Kier alpha value is -2.04. The van der Waals surface area contributed by atoms with Crippen LogP contribution in [-0.4, -0.2) is 21.4 Å². The Kier molecular flexibility index (Phi) is 2.30. The van der Waals surface area contributed by atoms with Crippen molar-refractivity contribution in [3.63, 3.8) is 0 Å². The number of para-hydroxylation sites is 2. The summed E-state index contributed by atoms with van der Waals surface area (Å²) in [6.07, 6.45) is 0. The number of carbonyl (C=O) groups excluding carboxylic acids is 1. The summed E-state index contributed by atoms with van der Waals surface area (Å²) < 4.78 is 0. The van der Waals surface area contributed by atoms with Crippen molar-refractivity contribution in [2.75, 3.05) is 5.32 Å². The minimum absolute atomic E-state index is 0.423. The van der Waals surface area contributed by atoms with E-state index in [1.165, 1.54) is 0 Å². The predicted octanol–water partition coefficient (Wildman–Crippen LogP) is 1.24. The second-order valence-electron chi connectivity index (χ2n) is 4.22. The number of amides is 1. The average molecular weight is 218 g/mol. The van der Waals surface area contributed by atoms with Crippen LogP contribution in [0.1, 0.15) is 13.8 Å². The number of aromatic nitrogens is 2. The monoisotopic (exact) mass is 218 g/mol. The van der Waals surface area contributed by atoms with Gasteiger partial charge in [-0.15, -0.1) is 0 Å². The van der Waals surface area contributed by atoms with Gasteiger partial charge in [-0.25, -0.2) is 4.98 Å². The first-order valence-electron chi connectivity index (χ1n) is 5.02. The van der Waals surface area contributed by atoms with Crippen molar-refractivity contribution >= 4 is 22.9 Å². The predicted molar refractivity (Wildman–Crippen MR) is 63.0 cm³/mol. The van der Waals surface area contributed by atoms with Crippen molar-refractivity contribution < 1.29 is 4.79 Å². The van der Waals surface area contributed by atoms with Crippen LogP contribution in [0.15, 0.2) is 24.3 Å². The number of fused-ring (bicyclic) bond motifs is 1. The lowest BCUT2D eigenvalue weighted by molar-refractivity contribution is -0.121. The Morgan fingerprint density at radius 3 is 2.75 bits per heavy atom. The summed E-state index contributed by atoms with van der Waals surface area (Å²) in [6, 6.07) is 7.65. The fourth-order valence-corrected chi connectivity index (χ4v) is 1.37. The van der Waals surface area contributed by atoms with E-state index >= 15 is 0 Å². The Morgan fingerprint density at radius 2 is 2.12 bits per heavy atom. The fourth-order valence-electron chi connectivity index (χ4n) is 1.37. The lowest BCUT2D eigenvalue weighted by atomic mass is 10.1. The number of nitrogens with one attached hydrogen (secondary N) is 2. The number of carbonyl (C=O) groups is 1. The normalized spacial score (nSPS) is 11.6. The maximum absolute atomic E-state index is 11.2. The van der Waals surface area contributed by atoms with Gasteiger partial charge in [0, 0.05) is 0 Å². The number of nitrogens with two attached hydrogens (primary N) is 1. The molecule has 4 N–H and O–H groups in total. The number of imidazole rings is 1. The molecule has 0 saturated heterocycles. The van der Waals surface area contributed by atoms with E-state index in [1.54, 1.807) is 13.8 Å². The van der Waals surface area contributed by atoms with Crippen LogP contribution in [0.3, 0.4) is 0 Å². The van der Waals surface area contributed by atoms with Crippen molar-refractivity contribution in [1.29, 1.82) is 0 Å². The van der Waals surface area contributed by atoms with E-state index in [1.807, 2.05) is 24.3 Å². The van der Waals surface area contributed by atoms with Gasteiger partial charge < -0.3 is 16.0 Å². The Balaban J connectivity index is 2.32. The van der Waals surface area contributed by atoms with Gasteiger partial charge >= 0.3 is 0 Å². The molecular weight excluding hydrogens is 204 g/mol. The van der Waals surface area contributed by atoms with Crippen molar-refractivity contribution in [2.24, 2.45) is 5.73 Å². The number of aromatic amines is 1. The zero-order valence-corrected chi connectivity index (χ0v) is 9.24. The quantitative estimate of drug-likeness (QED) is 0.724. The Morgan fingerprint density at radius 1 is 1.44 bits per heavy atom. The van der Waals surface area contributed by atoms with Crippen LogP contribution in [0.2, 0.25) is 0 Å². The number of hydrogen-bond acceptors (Lipinski definition) is 3. The van der Waals surface area contributed by atoms with Crippen LogP contribution in [0, 0.1) is 0 Å². The zero-order chi connectivity index (χ0) is 11.8. The molecule has 0 unspecified atom stereocenters. The first-order chi connectivity index (χ1) is 7.49. The number of benzene rings is 1. The molecule has 1 aromatic heterocycles. The minimum Gasteiger partial charge on any atom is -0.368 e. The molecule has 0 radical (unpaired) electrons. The molecule has 1 aromatic carbocycles. The highest BCUT2D eigenvalue weighted by Crippen LogP contribution is 2.16. The van der Waals surface area contributed by atoms with Gasteiger partial charge in [0.05, 0.1) is 11.0 Å². The summed E-state index contributed by atoms with van der Waals surface area (Å²) in [5, 5.41) is 2.97. The van der Waals surface area contributed by atoms with Crippen LogP contribution < -0.4 is 11.1 Å². The summed E-state index contributed by atoms with van der Waals surface area (Å²) in [6.45, 7) is 3.42. The summed E-state index contributed by atoms with van der Waals surface area (Å²) in [5.74, 6) is 0.123. The van der Waals surface area contributed by atoms with E-state index in [0.717, 1.165) is 11.0 Å². The highest BCUT2D eigenvalue weighted by molar-refractivity contribution is 5.87. The summed E-state index contributed by atoms with van der Waals surface area (Å²) in [4.78, 5) is 18.5. The minimum atomic E-state index is -0.826. The zero-order valence-electron chi connectivity index (χ0n) is 9.24. The molecule has 0 spiro atoms. The van der Waals surface area contributed by atoms with Gasteiger partial charge in [-0.05, 0) is 26.0 Å². The lowest BCUT2D eigenvalue weighted by Crippen LogP contribution is -2.45. The number of hydrogen-bond donors (Lipinski definition) is 3.